The van der Waals surface area contributed by atoms with Crippen molar-refractivity contribution in [2.24, 2.45) is 4.99 Å². The maximum absolute atomic E-state index is 12.3. The van der Waals surface area contributed by atoms with Gasteiger partial charge >= 0.3 is 4.87 Å². The van der Waals surface area contributed by atoms with Crippen molar-refractivity contribution in [3.8, 4) is 0 Å². The number of rotatable bonds is 3. The van der Waals surface area contributed by atoms with Crippen LogP contribution < -0.4 is 20.8 Å². The molecule has 0 bridgehead atoms. The Bertz CT molecular complexity index is 1220. The number of para-hydroxylation sites is 1. The molecule has 4 rings (SSSR count). The average Bonchev–Trinajstić information content (AvgIpc) is 2.94. The van der Waals surface area contributed by atoms with Gasteiger partial charge in [0.2, 0.25) is 0 Å². The molecule has 5 nitrogen and oxygen atoms in total. The number of nitrogens with one attached hydrogen (secondary N) is 2. The average molecular weight is 382 g/mol. The van der Waals surface area contributed by atoms with Gasteiger partial charge < -0.3 is 5.32 Å². The zero-order chi connectivity index (χ0) is 18.1. The van der Waals surface area contributed by atoms with Crippen LogP contribution in [0.2, 0.25) is 5.02 Å². The SMILES string of the molecule is O=C1N=c2ccccc2=C/C1=C/c1sc(=O)[nH]c1Nc1cccc(Cl)c1. The number of hydrogen-bond acceptors (Lipinski definition) is 4. The molecule has 2 heterocycles. The van der Waals surface area contributed by atoms with Crippen molar-refractivity contribution in [3.63, 3.8) is 0 Å². The summed E-state index contributed by atoms with van der Waals surface area (Å²) in [7, 11) is 0. The fourth-order valence-corrected chi connectivity index (χ4v) is 3.54. The zero-order valence-corrected chi connectivity index (χ0v) is 14.9. The molecule has 0 radical (unpaired) electrons. The first-order valence-corrected chi connectivity index (χ1v) is 8.95. The third-order valence-electron chi connectivity index (χ3n) is 3.77. The van der Waals surface area contributed by atoms with Gasteiger partial charge in [0.05, 0.1) is 10.2 Å². The lowest BCUT2D eigenvalue weighted by Crippen LogP contribution is -2.29. The van der Waals surface area contributed by atoms with E-state index in [1.165, 1.54) is 0 Å². The molecule has 2 N–H and O–H groups in total. The van der Waals surface area contributed by atoms with Crippen molar-refractivity contribution in [1.29, 1.82) is 0 Å². The molecule has 0 fully saturated rings. The molecule has 0 saturated carbocycles. The van der Waals surface area contributed by atoms with E-state index in [1.54, 1.807) is 30.4 Å². The Balaban J connectivity index is 1.75. The zero-order valence-electron chi connectivity index (χ0n) is 13.3. The molecule has 0 saturated heterocycles. The standard InChI is InChI=1S/C19H12ClN3O2S/c20-13-5-3-6-14(10-13)21-17-16(26-19(25)23-17)9-12-8-11-4-1-2-7-15(11)22-18(12)24/h1-10,21H,(H,23,25)/b12-9-. The number of fused-ring (bicyclic) bond motifs is 1. The molecule has 0 atom stereocenters. The van der Waals surface area contributed by atoms with Crippen molar-refractivity contribution in [1.82, 2.24) is 4.98 Å². The number of hydrogen-bond donors (Lipinski definition) is 2. The molecule has 128 valence electrons. The lowest BCUT2D eigenvalue weighted by atomic mass is 10.1. The topological polar surface area (TPSA) is 74.3 Å². The maximum Gasteiger partial charge on any atom is 0.306 e. The molecule has 2 aromatic carbocycles. The Morgan fingerprint density at radius 2 is 1.96 bits per heavy atom. The van der Waals surface area contributed by atoms with Crippen molar-refractivity contribution in [3.05, 3.63) is 84.2 Å². The van der Waals surface area contributed by atoms with Crippen molar-refractivity contribution >= 4 is 52.5 Å². The number of anilines is 2. The van der Waals surface area contributed by atoms with Gasteiger partial charge in [-0.3, -0.25) is 14.6 Å². The van der Waals surface area contributed by atoms with Crippen LogP contribution in [-0.2, 0) is 4.79 Å². The first-order chi connectivity index (χ1) is 12.6. The summed E-state index contributed by atoms with van der Waals surface area (Å²) >= 11 is 7.01. The van der Waals surface area contributed by atoms with Crippen LogP contribution in [0, 0.1) is 0 Å². The van der Waals surface area contributed by atoms with Crippen LogP contribution in [0.25, 0.3) is 12.2 Å². The van der Waals surface area contributed by atoms with E-state index >= 15 is 0 Å². The number of carbonyl (C=O) groups is 1. The molecule has 7 heteroatoms. The van der Waals surface area contributed by atoms with Crippen molar-refractivity contribution < 1.29 is 4.79 Å². The second kappa shape index (κ2) is 6.74. The Hall–Kier alpha value is -2.96. The van der Waals surface area contributed by atoms with Crippen LogP contribution in [0.15, 0.2) is 63.9 Å². The quantitative estimate of drug-likeness (QED) is 0.685. The second-order valence-corrected chi connectivity index (χ2v) is 7.06. The van der Waals surface area contributed by atoms with Crippen LogP contribution in [-0.4, -0.2) is 10.9 Å². The molecule has 1 aliphatic rings. The number of aromatic amines is 1. The predicted molar refractivity (Wildman–Crippen MR) is 104 cm³/mol. The van der Waals surface area contributed by atoms with Crippen molar-refractivity contribution in [2.75, 3.05) is 5.32 Å². The van der Waals surface area contributed by atoms with Gasteiger partial charge in [-0.25, -0.2) is 4.99 Å². The lowest BCUT2D eigenvalue weighted by molar-refractivity contribution is -0.114. The minimum absolute atomic E-state index is 0.220. The molecule has 1 aliphatic heterocycles. The van der Waals surface area contributed by atoms with Gasteiger partial charge in [-0.05, 0) is 36.4 Å². The molecule has 0 aliphatic carbocycles. The van der Waals surface area contributed by atoms with Gasteiger partial charge in [0.1, 0.15) is 5.82 Å². The second-order valence-electron chi connectivity index (χ2n) is 5.61. The third kappa shape index (κ3) is 3.37. The molecular formula is C19H12ClN3O2S. The lowest BCUT2D eigenvalue weighted by Gasteiger charge is -2.06. The molecule has 1 aromatic heterocycles. The molecule has 26 heavy (non-hydrogen) atoms. The number of nitrogens with zero attached hydrogens (tertiary/aromatic N) is 1. The molecular weight excluding hydrogens is 370 g/mol. The Kier molecular flexibility index (Phi) is 4.28. The van der Waals surface area contributed by atoms with Gasteiger partial charge in [-0.1, -0.05) is 47.2 Å². The number of aromatic nitrogens is 1. The van der Waals surface area contributed by atoms with E-state index < -0.39 is 0 Å². The number of amides is 1. The fourth-order valence-electron chi connectivity index (χ4n) is 2.60. The van der Waals surface area contributed by atoms with Crippen LogP contribution >= 0.6 is 22.9 Å². The summed E-state index contributed by atoms with van der Waals surface area (Å²) in [5.41, 5.74) is 1.16. The van der Waals surface area contributed by atoms with E-state index in [-0.39, 0.29) is 10.8 Å². The molecule has 3 aromatic rings. The Morgan fingerprint density at radius 3 is 2.81 bits per heavy atom. The number of thiazole rings is 1. The highest BCUT2D eigenvalue weighted by Crippen LogP contribution is 2.25. The van der Waals surface area contributed by atoms with E-state index in [0.29, 0.717) is 26.6 Å². The van der Waals surface area contributed by atoms with E-state index in [4.69, 9.17) is 11.6 Å². The van der Waals surface area contributed by atoms with Gasteiger partial charge in [-0.2, -0.15) is 0 Å². The number of H-pyrrole nitrogens is 1. The van der Waals surface area contributed by atoms with E-state index in [1.807, 2.05) is 30.3 Å². The molecule has 1 amide bonds. The van der Waals surface area contributed by atoms with E-state index in [2.05, 4.69) is 15.3 Å². The normalized spacial score (nSPS) is 14.5. The van der Waals surface area contributed by atoms with Crippen molar-refractivity contribution in [2.45, 2.75) is 0 Å². The summed E-state index contributed by atoms with van der Waals surface area (Å²) in [6.45, 7) is 0. The van der Waals surface area contributed by atoms with Crippen LogP contribution in [0.4, 0.5) is 11.5 Å². The van der Waals surface area contributed by atoms with E-state index in [0.717, 1.165) is 22.2 Å². The summed E-state index contributed by atoms with van der Waals surface area (Å²) in [6.07, 6.45) is 3.44. The highest BCUT2D eigenvalue weighted by molar-refractivity contribution is 7.10. The van der Waals surface area contributed by atoms with Crippen LogP contribution in [0.3, 0.4) is 0 Å². The summed E-state index contributed by atoms with van der Waals surface area (Å²) in [5, 5.41) is 5.22. The monoisotopic (exact) mass is 381 g/mol. The number of halogens is 1. The highest BCUT2D eigenvalue weighted by Gasteiger charge is 2.13. The van der Waals surface area contributed by atoms with Crippen LogP contribution in [0.1, 0.15) is 4.88 Å². The van der Waals surface area contributed by atoms with Gasteiger partial charge in [0.15, 0.2) is 0 Å². The third-order valence-corrected chi connectivity index (χ3v) is 4.84. The minimum atomic E-state index is -0.335. The minimum Gasteiger partial charge on any atom is -0.340 e. The molecule has 0 unspecified atom stereocenters. The molecule has 0 spiro atoms. The summed E-state index contributed by atoms with van der Waals surface area (Å²) in [6, 6.07) is 14.6. The maximum atomic E-state index is 12.3. The number of carbonyl (C=O) groups excluding carboxylic acids is 1. The van der Waals surface area contributed by atoms with Crippen LogP contribution in [0.5, 0.6) is 0 Å². The van der Waals surface area contributed by atoms with Gasteiger partial charge in [-0.15, -0.1) is 0 Å². The van der Waals surface area contributed by atoms with E-state index in [9.17, 15) is 9.59 Å². The predicted octanol–water partition coefficient (Wildman–Crippen LogP) is 2.86. The first-order valence-electron chi connectivity index (χ1n) is 7.76. The summed E-state index contributed by atoms with van der Waals surface area (Å²) < 4.78 is 0. The fraction of sp³-hybridized carbons (Fsp3) is 0. The summed E-state index contributed by atoms with van der Waals surface area (Å²) in [5.74, 6) is 0.174. The van der Waals surface area contributed by atoms with Gasteiger partial charge in [0.25, 0.3) is 5.91 Å². The Morgan fingerprint density at radius 1 is 1.12 bits per heavy atom. The largest absolute Gasteiger partial charge is 0.340 e. The smallest absolute Gasteiger partial charge is 0.306 e. The Labute approximate surface area is 157 Å². The van der Waals surface area contributed by atoms with Gasteiger partial charge in [0, 0.05) is 21.5 Å². The summed E-state index contributed by atoms with van der Waals surface area (Å²) in [4.78, 5) is 31.4. The number of benzene rings is 2. The highest BCUT2D eigenvalue weighted by atomic mass is 35.5. The first kappa shape index (κ1) is 16.5.